The van der Waals surface area contributed by atoms with E-state index >= 15 is 0 Å². The van der Waals surface area contributed by atoms with Gasteiger partial charge in [0.1, 0.15) is 5.69 Å². The molecule has 1 fully saturated rings. The molecule has 0 saturated carbocycles. The van der Waals surface area contributed by atoms with E-state index in [0.717, 1.165) is 23.6 Å². The molecule has 22 heavy (non-hydrogen) atoms. The fourth-order valence-corrected chi connectivity index (χ4v) is 3.03. The lowest BCUT2D eigenvalue weighted by atomic mass is 9.93. The number of aromatic nitrogens is 1. The number of likely N-dealkylation sites (tertiary alicyclic amines) is 1. The van der Waals surface area contributed by atoms with Crippen LogP contribution in [0.3, 0.4) is 0 Å². The molecular formula is C17H18N2O3. The Morgan fingerprint density at radius 3 is 2.64 bits per heavy atom. The number of rotatable bonds is 3. The highest BCUT2D eigenvalue weighted by molar-refractivity contribution is 6.05. The number of pyridine rings is 1. The fraction of sp³-hybridized carbons (Fsp3) is 0.353. The van der Waals surface area contributed by atoms with E-state index in [4.69, 9.17) is 5.11 Å². The number of carbonyl (C=O) groups excluding carboxylic acids is 1. The first-order valence-electron chi connectivity index (χ1n) is 7.50. The highest BCUT2D eigenvalue weighted by atomic mass is 16.4. The van der Waals surface area contributed by atoms with Gasteiger partial charge in [-0.05, 0) is 30.2 Å². The summed E-state index contributed by atoms with van der Waals surface area (Å²) < 4.78 is 0. The number of aliphatic carboxylic acids is 1. The van der Waals surface area contributed by atoms with Crippen LogP contribution in [0.1, 0.15) is 29.8 Å². The average Bonchev–Trinajstić information content (AvgIpc) is 2.54. The van der Waals surface area contributed by atoms with Crippen molar-refractivity contribution in [3.8, 4) is 0 Å². The number of amides is 1. The van der Waals surface area contributed by atoms with Gasteiger partial charge >= 0.3 is 5.97 Å². The first kappa shape index (κ1) is 14.5. The summed E-state index contributed by atoms with van der Waals surface area (Å²) in [7, 11) is 0. The summed E-state index contributed by atoms with van der Waals surface area (Å²) in [5.74, 6) is -0.659. The lowest BCUT2D eigenvalue weighted by Crippen LogP contribution is -2.39. The first-order valence-corrected chi connectivity index (χ1v) is 7.50. The maximum atomic E-state index is 12.7. The van der Waals surface area contributed by atoms with Gasteiger partial charge in [0.05, 0.1) is 0 Å². The monoisotopic (exact) mass is 298 g/mol. The number of carboxylic acids is 1. The Morgan fingerprint density at radius 2 is 1.91 bits per heavy atom. The number of piperidine rings is 1. The van der Waals surface area contributed by atoms with Crippen LogP contribution >= 0.6 is 0 Å². The molecule has 5 heteroatoms. The van der Waals surface area contributed by atoms with Crippen LogP contribution < -0.4 is 0 Å². The first-order chi connectivity index (χ1) is 10.6. The largest absolute Gasteiger partial charge is 0.481 e. The predicted octanol–water partition coefficient (Wildman–Crippen LogP) is 2.56. The van der Waals surface area contributed by atoms with Crippen molar-refractivity contribution in [2.75, 3.05) is 13.1 Å². The molecule has 2 heterocycles. The molecule has 3 rings (SSSR count). The van der Waals surface area contributed by atoms with E-state index < -0.39 is 5.97 Å². The van der Waals surface area contributed by atoms with Crippen molar-refractivity contribution in [3.63, 3.8) is 0 Å². The molecule has 0 aliphatic carbocycles. The molecule has 2 aromatic rings. The molecule has 0 atom stereocenters. The summed E-state index contributed by atoms with van der Waals surface area (Å²) in [5, 5.41) is 10.7. The topological polar surface area (TPSA) is 70.5 Å². The summed E-state index contributed by atoms with van der Waals surface area (Å²) in [6, 6.07) is 9.61. The van der Waals surface area contributed by atoms with Crippen molar-refractivity contribution in [2.24, 2.45) is 5.92 Å². The van der Waals surface area contributed by atoms with Crippen LogP contribution in [0.15, 0.2) is 36.5 Å². The molecule has 0 radical (unpaired) electrons. The lowest BCUT2D eigenvalue weighted by Gasteiger charge is -2.31. The van der Waals surface area contributed by atoms with Crippen molar-refractivity contribution < 1.29 is 14.7 Å². The molecule has 0 unspecified atom stereocenters. The van der Waals surface area contributed by atoms with Crippen molar-refractivity contribution in [1.29, 1.82) is 0 Å². The zero-order valence-electron chi connectivity index (χ0n) is 12.2. The van der Waals surface area contributed by atoms with E-state index in [1.54, 1.807) is 11.1 Å². The summed E-state index contributed by atoms with van der Waals surface area (Å²) in [6.45, 7) is 1.20. The second-order valence-electron chi connectivity index (χ2n) is 5.71. The molecule has 5 nitrogen and oxygen atoms in total. The van der Waals surface area contributed by atoms with Crippen molar-refractivity contribution in [1.82, 2.24) is 9.88 Å². The van der Waals surface area contributed by atoms with Crippen molar-refractivity contribution >= 4 is 22.6 Å². The number of carboxylic acid groups (broad SMARTS) is 1. The number of hydrogen-bond acceptors (Lipinski definition) is 3. The van der Waals surface area contributed by atoms with Crippen LogP contribution in [-0.4, -0.2) is 40.0 Å². The van der Waals surface area contributed by atoms with E-state index in [2.05, 4.69) is 4.98 Å². The van der Waals surface area contributed by atoms with Gasteiger partial charge in [-0.1, -0.05) is 24.3 Å². The molecule has 1 amide bonds. The minimum absolute atomic E-state index is 0.0643. The third kappa shape index (κ3) is 2.93. The van der Waals surface area contributed by atoms with Gasteiger partial charge in [-0.15, -0.1) is 0 Å². The van der Waals surface area contributed by atoms with E-state index in [0.29, 0.717) is 18.8 Å². The van der Waals surface area contributed by atoms with Crippen molar-refractivity contribution in [2.45, 2.75) is 19.3 Å². The number of carbonyl (C=O) groups is 2. The van der Waals surface area contributed by atoms with Gasteiger partial charge in [0.25, 0.3) is 5.91 Å². The summed E-state index contributed by atoms with van der Waals surface area (Å²) >= 11 is 0. The molecule has 114 valence electrons. The molecule has 1 aromatic heterocycles. The van der Waals surface area contributed by atoms with Gasteiger partial charge in [-0.3, -0.25) is 14.6 Å². The van der Waals surface area contributed by atoms with E-state index in [9.17, 15) is 9.59 Å². The quantitative estimate of drug-likeness (QED) is 0.945. The maximum Gasteiger partial charge on any atom is 0.303 e. The average molecular weight is 298 g/mol. The van der Waals surface area contributed by atoms with Crippen LogP contribution in [0, 0.1) is 5.92 Å². The zero-order valence-corrected chi connectivity index (χ0v) is 12.2. The summed E-state index contributed by atoms with van der Waals surface area (Å²) in [6.07, 6.45) is 3.33. The summed E-state index contributed by atoms with van der Waals surface area (Å²) in [5.41, 5.74) is 0.481. The Balaban J connectivity index is 1.76. The highest BCUT2D eigenvalue weighted by Crippen LogP contribution is 2.23. The van der Waals surface area contributed by atoms with E-state index in [1.807, 2.05) is 30.3 Å². The van der Waals surface area contributed by atoms with Gasteiger partial charge < -0.3 is 10.0 Å². The van der Waals surface area contributed by atoms with Crippen LogP contribution in [0.25, 0.3) is 10.8 Å². The molecule has 1 aliphatic heterocycles. The Hall–Kier alpha value is -2.43. The zero-order chi connectivity index (χ0) is 15.5. The number of hydrogen-bond donors (Lipinski definition) is 1. The Bertz CT molecular complexity index is 701. The molecule has 1 N–H and O–H groups in total. The smallest absolute Gasteiger partial charge is 0.303 e. The molecule has 1 aromatic carbocycles. The molecule has 1 aliphatic rings. The van der Waals surface area contributed by atoms with E-state index in [1.165, 1.54) is 0 Å². The number of nitrogens with zero attached hydrogens (tertiary/aromatic N) is 2. The van der Waals surface area contributed by atoms with Gasteiger partial charge in [-0.25, -0.2) is 0 Å². The molecule has 1 saturated heterocycles. The Kier molecular flexibility index (Phi) is 4.04. The minimum atomic E-state index is -0.763. The SMILES string of the molecule is O=C(O)CC1CCN(C(=O)c2nccc3ccccc23)CC1. The maximum absolute atomic E-state index is 12.7. The van der Waals surface area contributed by atoms with Gasteiger partial charge in [-0.2, -0.15) is 0 Å². The normalized spacial score (nSPS) is 15.9. The lowest BCUT2D eigenvalue weighted by molar-refractivity contribution is -0.138. The second kappa shape index (κ2) is 6.13. The second-order valence-corrected chi connectivity index (χ2v) is 5.71. The standard InChI is InChI=1S/C17H18N2O3/c20-15(21)11-12-6-9-19(10-7-12)17(22)16-14-4-2-1-3-13(14)5-8-18-16/h1-5,8,12H,6-7,9-11H2,(H,20,21). The third-order valence-electron chi connectivity index (χ3n) is 4.24. The third-order valence-corrected chi connectivity index (χ3v) is 4.24. The molecular weight excluding hydrogens is 280 g/mol. The number of benzene rings is 1. The molecule has 0 bridgehead atoms. The minimum Gasteiger partial charge on any atom is -0.481 e. The Morgan fingerprint density at radius 1 is 1.18 bits per heavy atom. The van der Waals surface area contributed by atoms with Gasteiger partial charge in [0.15, 0.2) is 0 Å². The van der Waals surface area contributed by atoms with Crippen LogP contribution in [0.4, 0.5) is 0 Å². The van der Waals surface area contributed by atoms with Crippen LogP contribution in [0.5, 0.6) is 0 Å². The van der Waals surface area contributed by atoms with E-state index in [-0.39, 0.29) is 18.2 Å². The van der Waals surface area contributed by atoms with Gasteiger partial charge in [0.2, 0.25) is 0 Å². The van der Waals surface area contributed by atoms with Crippen LogP contribution in [0.2, 0.25) is 0 Å². The summed E-state index contributed by atoms with van der Waals surface area (Å²) in [4.78, 5) is 29.5. The van der Waals surface area contributed by atoms with Crippen LogP contribution in [-0.2, 0) is 4.79 Å². The van der Waals surface area contributed by atoms with Gasteiger partial charge in [0, 0.05) is 31.1 Å². The highest BCUT2D eigenvalue weighted by Gasteiger charge is 2.26. The predicted molar refractivity (Wildman–Crippen MR) is 82.6 cm³/mol. The number of fused-ring (bicyclic) bond motifs is 1. The fourth-order valence-electron chi connectivity index (χ4n) is 3.03. The van der Waals surface area contributed by atoms with Crippen molar-refractivity contribution in [3.05, 3.63) is 42.2 Å². The Labute approximate surface area is 128 Å². The molecule has 0 spiro atoms.